The molecule has 1 aliphatic heterocycles. The van der Waals surface area contributed by atoms with E-state index in [1.54, 1.807) is 29.6 Å². The summed E-state index contributed by atoms with van der Waals surface area (Å²) in [4.78, 5) is 0.341. The van der Waals surface area contributed by atoms with Crippen LogP contribution in [0.2, 0.25) is 0 Å². The van der Waals surface area contributed by atoms with Crippen molar-refractivity contribution >= 4 is 22.4 Å². The van der Waals surface area contributed by atoms with Crippen LogP contribution in [0.5, 0.6) is 0 Å². The first-order chi connectivity index (χ1) is 9.46. The van der Waals surface area contributed by atoms with E-state index in [2.05, 4.69) is 5.32 Å². The van der Waals surface area contributed by atoms with Crippen LogP contribution in [0.15, 0.2) is 29.2 Å². The molecule has 0 bridgehead atoms. The Hall–Kier alpha value is -0.660. The van der Waals surface area contributed by atoms with Crippen molar-refractivity contribution < 1.29 is 13.2 Å². The van der Waals surface area contributed by atoms with Gasteiger partial charge in [0.05, 0.1) is 11.5 Å². The molecule has 0 amide bonds. The van der Waals surface area contributed by atoms with Crippen LogP contribution >= 0.6 is 12.4 Å². The van der Waals surface area contributed by atoms with Gasteiger partial charge in [0, 0.05) is 32.3 Å². The monoisotopic (exact) mass is 334 g/mol. The Bertz CT molecular complexity index is 565. The Morgan fingerprint density at radius 2 is 2.10 bits per heavy atom. The summed E-state index contributed by atoms with van der Waals surface area (Å²) in [5.74, 6) is 0. The van der Waals surface area contributed by atoms with E-state index in [4.69, 9.17) is 4.74 Å². The Morgan fingerprint density at radius 1 is 1.38 bits per heavy atom. The average molecular weight is 335 g/mol. The van der Waals surface area contributed by atoms with Crippen LogP contribution in [-0.2, 0) is 21.4 Å². The minimum Gasteiger partial charge on any atom is -0.380 e. The fourth-order valence-corrected chi connectivity index (χ4v) is 4.24. The van der Waals surface area contributed by atoms with E-state index in [1.165, 1.54) is 0 Å². The summed E-state index contributed by atoms with van der Waals surface area (Å²) in [6.07, 6.45) is 0. The van der Waals surface area contributed by atoms with Crippen molar-refractivity contribution in [2.75, 3.05) is 20.2 Å². The molecular weight excluding hydrogens is 312 g/mol. The molecule has 5 nitrogen and oxygen atoms in total. The van der Waals surface area contributed by atoms with Crippen molar-refractivity contribution in [1.29, 1.82) is 0 Å². The third-order valence-corrected chi connectivity index (χ3v) is 5.77. The molecule has 2 rings (SSSR count). The molecule has 1 aromatic rings. The largest absolute Gasteiger partial charge is 0.380 e. The summed E-state index contributed by atoms with van der Waals surface area (Å²) in [7, 11) is -1.85. The molecule has 21 heavy (non-hydrogen) atoms. The molecule has 1 heterocycles. The number of methoxy groups -OCH3 is 1. The molecule has 1 aromatic carbocycles. The summed E-state index contributed by atoms with van der Waals surface area (Å²) >= 11 is 0. The second-order valence-electron chi connectivity index (χ2n) is 5.18. The van der Waals surface area contributed by atoms with Crippen molar-refractivity contribution in [2.45, 2.75) is 37.4 Å². The Balaban J connectivity index is 0.00000220. The highest BCUT2D eigenvalue weighted by atomic mass is 35.5. The smallest absolute Gasteiger partial charge is 0.243 e. The van der Waals surface area contributed by atoms with Gasteiger partial charge < -0.3 is 10.1 Å². The molecule has 1 aliphatic rings. The Labute approximate surface area is 133 Å². The van der Waals surface area contributed by atoms with Gasteiger partial charge in [-0.05, 0) is 31.5 Å². The van der Waals surface area contributed by atoms with E-state index in [0.29, 0.717) is 24.6 Å². The number of nitrogens with zero attached hydrogens (tertiary/aromatic N) is 1. The summed E-state index contributed by atoms with van der Waals surface area (Å²) in [5, 5.41) is 3.29. The molecule has 0 radical (unpaired) electrons. The van der Waals surface area contributed by atoms with Crippen LogP contribution in [0, 0.1) is 0 Å². The number of piperazine rings is 1. The molecule has 7 heteroatoms. The van der Waals surface area contributed by atoms with E-state index in [9.17, 15) is 8.42 Å². The minimum atomic E-state index is -3.45. The summed E-state index contributed by atoms with van der Waals surface area (Å²) < 4.78 is 32.2. The van der Waals surface area contributed by atoms with Gasteiger partial charge in [0.2, 0.25) is 10.0 Å². The first-order valence-electron chi connectivity index (χ1n) is 6.80. The minimum absolute atomic E-state index is 0. The second kappa shape index (κ2) is 7.56. The lowest BCUT2D eigenvalue weighted by atomic mass is 10.1. The van der Waals surface area contributed by atoms with E-state index >= 15 is 0 Å². The lowest BCUT2D eigenvalue weighted by Gasteiger charge is -2.37. The summed E-state index contributed by atoms with van der Waals surface area (Å²) in [6.45, 7) is 5.54. The van der Waals surface area contributed by atoms with Crippen LogP contribution < -0.4 is 5.32 Å². The molecule has 2 atom stereocenters. The number of nitrogens with one attached hydrogen (secondary N) is 1. The van der Waals surface area contributed by atoms with Gasteiger partial charge in [-0.2, -0.15) is 4.31 Å². The zero-order valence-electron chi connectivity index (χ0n) is 12.6. The zero-order chi connectivity index (χ0) is 14.8. The Morgan fingerprint density at radius 3 is 2.76 bits per heavy atom. The average Bonchev–Trinajstić information content (AvgIpc) is 2.42. The lowest BCUT2D eigenvalue weighted by molar-refractivity contribution is 0.184. The highest BCUT2D eigenvalue weighted by molar-refractivity contribution is 7.89. The third kappa shape index (κ3) is 3.96. The van der Waals surface area contributed by atoms with Gasteiger partial charge in [0.15, 0.2) is 0 Å². The van der Waals surface area contributed by atoms with Crippen LogP contribution in [0.1, 0.15) is 19.4 Å². The van der Waals surface area contributed by atoms with Gasteiger partial charge in [0.1, 0.15) is 0 Å². The van der Waals surface area contributed by atoms with Gasteiger partial charge >= 0.3 is 0 Å². The van der Waals surface area contributed by atoms with E-state index < -0.39 is 10.0 Å². The van der Waals surface area contributed by atoms with Gasteiger partial charge in [-0.15, -0.1) is 12.4 Å². The first-order valence-corrected chi connectivity index (χ1v) is 8.24. The molecule has 1 saturated heterocycles. The Kier molecular flexibility index (Phi) is 6.62. The van der Waals surface area contributed by atoms with Crippen molar-refractivity contribution in [2.24, 2.45) is 0 Å². The first kappa shape index (κ1) is 18.4. The fourth-order valence-electron chi connectivity index (χ4n) is 2.46. The summed E-state index contributed by atoms with van der Waals surface area (Å²) in [5.41, 5.74) is 0.865. The molecule has 120 valence electrons. The molecule has 2 unspecified atom stereocenters. The van der Waals surface area contributed by atoms with E-state index in [0.717, 1.165) is 5.56 Å². The number of hydrogen-bond acceptors (Lipinski definition) is 4. The van der Waals surface area contributed by atoms with Gasteiger partial charge in [-0.3, -0.25) is 0 Å². The summed E-state index contributed by atoms with van der Waals surface area (Å²) in [6, 6.07) is 7.07. The van der Waals surface area contributed by atoms with E-state index in [1.807, 2.05) is 19.9 Å². The number of sulfonamides is 1. The molecule has 1 fully saturated rings. The van der Waals surface area contributed by atoms with E-state index in [-0.39, 0.29) is 24.5 Å². The van der Waals surface area contributed by atoms with Crippen molar-refractivity contribution in [3.63, 3.8) is 0 Å². The maximum atomic E-state index is 12.8. The predicted octanol–water partition coefficient (Wildman–Crippen LogP) is 1.63. The SMILES string of the molecule is COCc1cccc(S(=O)(=O)N2CCNC(C)C2C)c1.Cl. The number of ether oxygens (including phenoxy) is 1. The van der Waals surface area contributed by atoms with Crippen molar-refractivity contribution in [3.8, 4) is 0 Å². The quantitative estimate of drug-likeness (QED) is 0.909. The van der Waals surface area contributed by atoms with Crippen LogP contribution in [0.25, 0.3) is 0 Å². The lowest BCUT2D eigenvalue weighted by Crippen LogP contribution is -2.57. The fraction of sp³-hybridized carbons (Fsp3) is 0.571. The zero-order valence-corrected chi connectivity index (χ0v) is 14.2. The van der Waals surface area contributed by atoms with Crippen LogP contribution in [0.4, 0.5) is 0 Å². The van der Waals surface area contributed by atoms with Gasteiger partial charge in [0.25, 0.3) is 0 Å². The number of hydrogen-bond donors (Lipinski definition) is 1. The highest BCUT2D eigenvalue weighted by Gasteiger charge is 2.34. The van der Waals surface area contributed by atoms with Gasteiger partial charge in [-0.25, -0.2) is 8.42 Å². The number of rotatable bonds is 4. The maximum absolute atomic E-state index is 12.8. The molecule has 0 aromatic heterocycles. The predicted molar refractivity (Wildman–Crippen MR) is 85.2 cm³/mol. The number of halogens is 1. The standard InChI is InChI=1S/C14H22N2O3S.ClH/c1-11-12(2)16(8-7-15-11)20(17,18)14-6-4-5-13(9-14)10-19-3;/h4-6,9,11-12,15H,7-8,10H2,1-3H3;1H. The third-order valence-electron chi connectivity index (χ3n) is 3.79. The normalized spacial score (nSPS) is 23.6. The van der Waals surface area contributed by atoms with Crippen molar-refractivity contribution in [3.05, 3.63) is 29.8 Å². The van der Waals surface area contributed by atoms with Crippen LogP contribution in [0.3, 0.4) is 0 Å². The number of benzene rings is 1. The molecule has 1 N–H and O–H groups in total. The van der Waals surface area contributed by atoms with Crippen LogP contribution in [-0.4, -0.2) is 45.0 Å². The molecule has 0 saturated carbocycles. The molecule has 0 aliphatic carbocycles. The maximum Gasteiger partial charge on any atom is 0.243 e. The molecule has 0 spiro atoms. The van der Waals surface area contributed by atoms with Crippen molar-refractivity contribution in [1.82, 2.24) is 9.62 Å². The second-order valence-corrected chi connectivity index (χ2v) is 7.07. The van der Waals surface area contributed by atoms with Gasteiger partial charge in [-0.1, -0.05) is 12.1 Å². The molecular formula is C14H23ClN2O3S. The topological polar surface area (TPSA) is 58.6 Å². The highest BCUT2D eigenvalue weighted by Crippen LogP contribution is 2.22.